The van der Waals surface area contributed by atoms with Gasteiger partial charge in [0.15, 0.2) is 0 Å². The quantitative estimate of drug-likeness (QED) is 0.782. The molecule has 3 saturated heterocycles. The van der Waals surface area contributed by atoms with E-state index in [-0.39, 0.29) is 5.91 Å². The summed E-state index contributed by atoms with van der Waals surface area (Å²) in [5.74, 6) is 1.56. The van der Waals surface area contributed by atoms with Crippen molar-refractivity contribution in [2.75, 3.05) is 56.6 Å². The molecule has 6 rings (SSSR count). The molecule has 3 fully saturated rings. The van der Waals surface area contributed by atoms with E-state index in [1.807, 2.05) is 43.3 Å². The van der Waals surface area contributed by atoms with E-state index >= 15 is 0 Å². The molecule has 4 aliphatic rings. The van der Waals surface area contributed by atoms with Crippen molar-refractivity contribution in [3.63, 3.8) is 0 Å². The molecule has 0 radical (unpaired) electrons. The lowest BCUT2D eigenvalue weighted by atomic mass is 9.75. The summed E-state index contributed by atoms with van der Waals surface area (Å²) in [5.41, 5.74) is 4.80. The fraction of sp³-hybridized carbons (Fsp3) is 0.500. The second-order valence-corrected chi connectivity index (χ2v) is 9.67. The number of rotatable bonds is 6. The predicted octanol–water partition coefficient (Wildman–Crippen LogP) is 3.26. The number of anilines is 2. The molecule has 31 heavy (non-hydrogen) atoms. The number of carbonyl (C=O) groups is 1. The van der Waals surface area contributed by atoms with Gasteiger partial charge in [-0.1, -0.05) is 18.2 Å². The summed E-state index contributed by atoms with van der Waals surface area (Å²) < 4.78 is 0. The molecule has 4 heterocycles. The van der Waals surface area contributed by atoms with Crippen molar-refractivity contribution in [1.29, 1.82) is 0 Å². The van der Waals surface area contributed by atoms with Crippen LogP contribution in [0.4, 0.5) is 11.4 Å². The molecule has 0 aromatic heterocycles. The summed E-state index contributed by atoms with van der Waals surface area (Å²) >= 11 is 0. The number of hydrogen-bond donors (Lipinski definition) is 1. The zero-order valence-corrected chi connectivity index (χ0v) is 18.8. The maximum absolute atomic E-state index is 12.6. The molecular weight excluding hydrogens is 384 g/mol. The average molecular weight is 419 g/mol. The van der Waals surface area contributed by atoms with Crippen LogP contribution in [-0.2, 0) is 6.42 Å². The highest BCUT2D eigenvalue weighted by atomic mass is 16.1. The number of nitrogens with zero attached hydrogens (tertiary/aromatic N) is 3. The molecule has 2 bridgehead atoms. The number of fused-ring (bicyclic) bond motifs is 4. The van der Waals surface area contributed by atoms with Gasteiger partial charge >= 0.3 is 0 Å². The lowest BCUT2D eigenvalue weighted by Crippen LogP contribution is -2.58. The van der Waals surface area contributed by atoms with Gasteiger partial charge in [-0.2, -0.15) is 0 Å². The van der Waals surface area contributed by atoms with E-state index in [9.17, 15) is 4.79 Å². The Hall–Kier alpha value is -2.53. The topological polar surface area (TPSA) is 38.8 Å². The third kappa shape index (κ3) is 4.16. The van der Waals surface area contributed by atoms with Crippen LogP contribution in [0.15, 0.2) is 48.5 Å². The Bertz CT molecular complexity index is 925. The van der Waals surface area contributed by atoms with Crippen molar-refractivity contribution in [3.05, 3.63) is 59.7 Å². The van der Waals surface area contributed by atoms with Gasteiger partial charge in [-0.15, -0.1) is 0 Å². The number of carbonyl (C=O) groups excluding carboxylic acids is 1. The zero-order valence-electron chi connectivity index (χ0n) is 18.8. The summed E-state index contributed by atoms with van der Waals surface area (Å²) in [6, 6.07) is 17.2. The SMILES string of the molecule is CN(C)c1ccc(C(=O)NC[C@H]2C[C@@H]3CC[N@@]2C[C@@H]3CN2CCc3ccccc32)cc1. The molecule has 2 aromatic rings. The summed E-state index contributed by atoms with van der Waals surface area (Å²) in [7, 11) is 4.02. The van der Waals surface area contributed by atoms with Crippen LogP contribution >= 0.6 is 0 Å². The van der Waals surface area contributed by atoms with Gasteiger partial charge < -0.3 is 15.1 Å². The minimum Gasteiger partial charge on any atom is -0.378 e. The fourth-order valence-corrected chi connectivity index (χ4v) is 5.77. The molecule has 1 amide bonds. The van der Waals surface area contributed by atoms with Crippen molar-refractivity contribution in [2.24, 2.45) is 11.8 Å². The summed E-state index contributed by atoms with van der Waals surface area (Å²) in [6.07, 6.45) is 3.69. The van der Waals surface area contributed by atoms with Crippen LogP contribution in [-0.4, -0.2) is 63.7 Å². The Morgan fingerprint density at radius 3 is 2.65 bits per heavy atom. The van der Waals surface area contributed by atoms with E-state index in [0.29, 0.717) is 6.04 Å². The van der Waals surface area contributed by atoms with Gasteiger partial charge in [0.2, 0.25) is 0 Å². The van der Waals surface area contributed by atoms with Crippen molar-refractivity contribution < 1.29 is 4.79 Å². The van der Waals surface area contributed by atoms with Gasteiger partial charge in [0.25, 0.3) is 5.91 Å². The normalized spacial score (nSPS) is 26.6. The summed E-state index contributed by atoms with van der Waals surface area (Å²) in [5, 5.41) is 3.20. The van der Waals surface area contributed by atoms with E-state index < -0.39 is 0 Å². The number of piperidine rings is 3. The molecule has 0 spiro atoms. The molecule has 4 aliphatic heterocycles. The van der Waals surface area contributed by atoms with E-state index in [2.05, 4.69) is 39.4 Å². The van der Waals surface area contributed by atoms with Crippen molar-refractivity contribution >= 4 is 17.3 Å². The monoisotopic (exact) mass is 418 g/mol. The van der Waals surface area contributed by atoms with Gasteiger partial charge in [0, 0.05) is 63.3 Å². The van der Waals surface area contributed by atoms with Gasteiger partial charge in [0.1, 0.15) is 0 Å². The molecule has 164 valence electrons. The van der Waals surface area contributed by atoms with Crippen molar-refractivity contribution in [1.82, 2.24) is 10.2 Å². The first kappa shape index (κ1) is 20.4. The maximum atomic E-state index is 12.6. The Labute approximate surface area is 186 Å². The number of para-hydroxylation sites is 1. The second-order valence-electron chi connectivity index (χ2n) is 9.67. The summed E-state index contributed by atoms with van der Waals surface area (Å²) in [4.78, 5) is 19.9. The number of benzene rings is 2. The number of hydrogen-bond acceptors (Lipinski definition) is 4. The van der Waals surface area contributed by atoms with E-state index in [1.165, 1.54) is 50.1 Å². The zero-order chi connectivity index (χ0) is 21.4. The van der Waals surface area contributed by atoms with Crippen LogP contribution in [0, 0.1) is 11.8 Å². The Morgan fingerprint density at radius 2 is 1.90 bits per heavy atom. The van der Waals surface area contributed by atoms with Gasteiger partial charge in [-0.3, -0.25) is 9.69 Å². The molecule has 1 N–H and O–H groups in total. The first-order valence-corrected chi connectivity index (χ1v) is 11.7. The van der Waals surface area contributed by atoms with Crippen LogP contribution < -0.4 is 15.1 Å². The fourth-order valence-electron chi connectivity index (χ4n) is 5.77. The molecule has 5 nitrogen and oxygen atoms in total. The van der Waals surface area contributed by atoms with Crippen LogP contribution in [0.2, 0.25) is 0 Å². The smallest absolute Gasteiger partial charge is 0.251 e. The third-order valence-electron chi connectivity index (χ3n) is 7.60. The maximum Gasteiger partial charge on any atom is 0.251 e. The standard InChI is InChI=1S/C26H34N4O/c1-28(2)23-9-7-20(8-10-23)26(31)27-16-24-15-21-12-13-29(24)17-22(21)18-30-14-11-19-5-3-4-6-25(19)30/h3-10,21-22,24H,11-18H2,1-2H3,(H,27,31)/t21-,22+,24+/m0/s1. The Morgan fingerprint density at radius 1 is 1.10 bits per heavy atom. The second kappa shape index (κ2) is 8.54. The van der Waals surface area contributed by atoms with E-state index in [4.69, 9.17) is 0 Å². The highest BCUT2D eigenvalue weighted by Crippen LogP contribution is 2.38. The van der Waals surface area contributed by atoms with Gasteiger partial charge in [0.05, 0.1) is 0 Å². The number of nitrogens with one attached hydrogen (secondary N) is 1. The first-order valence-electron chi connectivity index (χ1n) is 11.7. The van der Waals surface area contributed by atoms with E-state index in [1.54, 1.807) is 0 Å². The predicted molar refractivity (Wildman–Crippen MR) is 127 cm³/mol. The Kier molecular flexibility index (Phi) is 5.61. The largest absolute Gasteiger partial charge is 0.378 e. The minimum absolute atomic E-state index is 0.0400. The highest BCUT2D eigenvalue weighted by Gasteiger charge is 2.41. The highest BCUT2D eigenvalue weighted by molar-refractivity contribution is 5.94. The van der Waals surface area contributed by atoms with Gasteiger partial charge in [-0.25, -0.2) is 0 Å². The minimum atomic E-state index is 0.0400. The van der Waals surface area contributed by atoms with Crippen LogP contribution in [0.1, 0.15) is 28.8 Å². The van der Waals surface area contributed by atoms with E-state index in [0.717, 1.165) is 36.2 Å². The van der Waals surface area contributed by atoms with Gasteiger partial charge in [-0.05, 0) is 73.5 Å². The van der Waals surface area contributed by atoms with Crippen molar-refractivity contribution in [3.8, 4) is 0 Å². The molecular formula is C26H34N4O. The molecule has 0 aliphatic carbocycles. The molecule has 2 aromatic carbocycles. The molecule has 0 unspecified atom stereocenters. The molecule has 4 atom stereocenters. The lowest BCUT2D eigenvalue weighted by Gasteiger charge is -2.51. The van der Waals surface area contributed by atoms with Crippen LogP contribution in [0.25, 0.3) is 0 Å². The number of amides is 1. The summed E-state index contributed by atoms with van der Waals surface area (Å²) in [6.45, 7) is 5.44. The lowest BCUT2D eigenvalue weighted by molar-refractivity contribution is 0.00495. The van der Waals surface area contributed by atoms with Crippen molar-refractivity contribution in [2.45, 2.75) is 25.3 Å². The molecule has 0 saturated carbocycles. The van der Waals surface area contributed by atoms with Crippen LogP contribution in [0.5, 0.6) is 0 Å². The average Bonchev–Trinajstić information content (AvgIpc) is 3.21. The molecule has 5 heteroatoms. The first-order chi connectivity index (χ1) is 15.1. The van der Waals surface area contributed by atoms with Crippen LogP contribution in [0.3, 0.4) is 0 Å². The Balaban J connectivity index is 1.15. The third-order valence-corrected chi connectivity index (χ3v) is 7.60.